The average molecular weight is 222 g/mol. The lowest BCUT2D eigenvalue weighted by molar-refractivity contribution is -0.122. The predicted molar refractivity (Wildman–Crippen MR) is 65.1 cm³/mol. The number of hydrogen-bond acceptors (Lipinski definition) is 2. The van der Waals surface area contributed by atoms with Gasteiger partial charge < -0.3 is 0 Å². The first-order valence-electron chi connectivity index (χ1n) is 6.31. The van der Waals surface area contributed by atoms with Crippen LogP contribution >= 0.6 is 0 Å². The highest BCUT2D eigenvalue weighted by atomic mass is 16.2. The Morgan fingerprint density at radius 3 is 2.69 bits per heavy atom. The third kappa shape index (κ3) is 3.06. The summed E-state index contributed by atoms with van der Waals surface area (Å²) in [7, 11) is 0. The number of amides is 1. The lowest BCUT2D eigenvalue weighted by atomic mass is 9.72. The van der Waals surface area contributed by atoms with Crippen LogP contribution in [0.15, 0.2) is 5.10 Å². The van der Waals surface area contributed by atoms with E-state index >= 15 is 0 Å². The smallest absolute Gasteiger partial charge is 0.243 e. The van der Waals surface area contributed by atoms with Crippen molar-refractivity contribution in [2.75, 3.05) is 0 Å². The van der Waals surface area contributed by atoms with Gasteiger partial charge in [-0.15, -0.1) is 0 Å². The largest absolute Gasteiger partial charge is 0.273 e. The van der Waals surface area contributed by atoms with Gasteiger partial charge >= 0.3 is 0 Å². The van der Waals surface area contributed by atoms with Crippen LogP contribution in [0, 0.1) is 17.3 Å². The van der Waals surface area contributed by atoms with Crippen LogP contribution < -0.4 is 5.43 Å². The molecule has 16 heavy (non-hydrogen) atoms. The van der Waals surface area contributed by atoms with E-state index in [2.05, 4.69) is 31.3 Å². The van der Waals surface area contributed by atoms with Crippen molar-refractivity contribution < 1.29 is 4.79 Å². The second kappa shape index (κ2) is 4.19. The minimum atomic E-state index is 0.114. The monoisotopic (exact) mass is 222 g/mol. The van der Waals surface area contributed by atoms with Crippen LogP contribution in [0.25, 0.3) is 0 Å². The van der Waals surface area contributed by atoms with Crippen LogP contribution in [-0.2, 0) is 4.79 Å². The molecule has 2 fully saturated rings. The first kappa shape index (κ1) is 11.6. The summed E-state index contributed by atoms with van der Waals surface area (Å²) < 4.78 is 0. The second-order valence-corrected chi connectivity index (χ2v) is 6.28. The highest BCUT2D eigenvalue weighted by Gasteiger charge is 2.31. The number of rotatable bonds is 2. The molecule has 90 valence electrons. The molecule has 1 amide bonds. The quantitative estimate of drug-likeness (QED) is 0.717. The molecule has 0 heterocycles. The van der Waals surface area contributed by atoms with Gasteiger partial charge in [0.25, 0.3) is 0 Å². The molecule has 1 atom stereocenters. The molecule has 0 aromatic rings. The average Bonchev–Trinajstić information content (AvgIpc) is 2.93. The zero-order valence-corrected chi connectivity index (χ0v) is 10.5. The van der Waals surface area contributed by atoms with E-state index in [1.807, 2.05) is 0 Å². The van der Waals surface area contributed by atoms with Crippen LogP contribution in [-0.4, -0.2) is 11.6 Å². The zero-order valence-electron chi connectivity index (χ0n) is 10.5. The van der Waals surface area contributed by atoms with E-state index in [1.165, 1.54) is 6.42 Å². The van der Waals surface area contributed by atoms with Crippen molar-refractivity contribution in [1.29, 1.82) is 0 Å². The highest BCUT2D eigenvalue weighted by molar-refractivity contribution is 5.88. The molecule has 2 saturated carbocycles. The Hall–Kier alpha value is -0.860. The Labute approximate surface area is 97.7 Å². The molecule has 3 nitrogen and oxygen atoms in total. The van der Waals surface area contributed by atoms with Crippen molar-refractivity contribution >= 4 is 11.6 Å². The number of carbonyl (C=O) groups excluding carboxylic acids is 1. The molecule has 0 aliphatic heterocycles. The fourth-order valence-corrected chi connectivity index (χ4v) is 2.77. The van der Waals surface area contributed by atoms with Crippen LogP contribution in [0.1, 0.15) is 52.9 Å². The number of nitrogens with zero attached hydrogens (tertiary/aromatic N) is 1. The summed E-state index contributed by atoms with van der Waals surface area (Å²) in [6.45, 7) is 6.82. The fraction of sp³-hybridized carbons (Fsp3) is 0.846. The highest BCUT2D eigenvalue weighted by Crippen LogP contribution is 2.37. The predicted octanol–water partition coefficient (Wildman–Crippen LogP) is 2.71. The first-order valence-corrected chi connectivity index (χ1v) is 6.31. The number of hydrazone groups is 1. The molecule has 1 N–H and O–H groups in total. The van der Waals surface area contributed by atoms with Gasteiger partial charge in [-0.05, 0) is 43.4 Å². The molecule has 2 aliphatic rings. The minimum Gasteiger partial charge on any atom is -0.273 e. The summed E-state index contributed by atoms with van der Waals surface area (Å²) in [6.07, 6.45) is 5.39. The SMILES string of the molecule is CC1C/C(=N/NC(=O)C2CC2)CC(C)(C)C1. The van der Waals surface area contributed by atoms with E-state index < -0.39 is 0 Å². The molecule has 0 radical (unpaired) electrons. The summed E-state index contributed by atoms with van der Waals surface area (Å²) in [5.74, 6) is 1.04. The van der Waals surface area contributed by atoms with Crippen molar-refractivity contribution in [2.24, 2.45) is 22.4 Å². The third-order valence-corrected chi connectivity index (χ3v) is 3.44. The maximum Gasteiger partial charge on any atom is 0.243 e. The number of carbonyl (C=O) groups is 1. The lowest BCUT2D eigenvalue weighted by Gasteiger charge is -2.34. The van der Waals surface area contributed by atoms with E-state index in [-0.39, 0.29) is 11.8 Å². The van der Waals surface area contributed by atoms with Gasteiger partial charge in [0.05, 0.1) is 0 Å². The van der Waals surface area contributed by atoms with Gasteiger partial charge in [-0.25, -0.2) is 5.43 Å². The summed E-state index contributed by atoms with van der Waals surface area (Å²) in [6, 6.07) is 0. The topological polar surface area (TPSA) is 41.5 Å². The Balaban J connectivity index is 1.92. The Kier molecular flexibility index (Phi) is 3.04. The molecule has 2 aliphatic carbocycles. The summed E-state index contributed by atoms with van der Waals surface area (Å²) in [5.41, 5.74) is 4.22. The molecule has 0 saturated heterocycles. The van der Waals surface area contributed by atoms with Gasteiger partial charge in [0.15, 0.2) is 0 Å². The summed E-state index contributed by atoms with van der Waals surface area (Å²) >= 11 is 0. The van der Waals surface area contributed by atoms with Gasteiger partial charge in [-0.3, -0.25) is 4.79 Å². The van der Waals surface area contributed by atoms with Gasteiger partial charge in [0, 0.05) is 11.6 Å². The van der Waals surface area contributed by atoms with Crippen molar-refractivity contribution in [3.05, 3.63) is 0 Å². The van der Waals surface area contributed by atoms with Crippen molar-refractivity contribution in [3.63, 3.8) is 0 Å². The molecule has 0 bridgehead atoms. The van der Waals surface area contributed by atoms with E-state index in [0.29, 0.717) is 11.3 Å². The van der Waals surface area contributed by atoms with Crippen LogP contribution in [0.4, 0.5) is 0 Å². The molecular weight excluding hydrogens is 200 g/mol. The molecule has 0 aromatic carbocycles. The summed E-state index contributed by atoms with van der Waals surface area (Å²) in [4.78, 5) is 11.5. The lowest BCUT2D eigenvalue weighted by Crippen LogP contribution is -2.30. The van der Waals surface area contributed by atoms with Crippen molar-refractivity contribution in [2.45, 2.75) is 52.9 Å². The molecular formula is C13H22N2O. The molecule has 2 rings (SSSR count). The molecule has 1 unspecified atom stereocenters. The Bertz CT molecular complexity index is 316. The number of nitrogens with one attached hydrogen (secondary N) is 1. The molecule has 0 aromatic heterocycles. The van der Waals surface area contributed by atoms with Crippen LogP contribution in [0.3, 0.4) is 0 Å². The zero-order chi connectivity index (χ0) is 11.8. The fourth-order valence-electron chi connectivity index (χ4n) is 2.77. The van der Waals surface area contributed by atoms with E-state index in [1.54, 1.807) is 0 Å². The summed E-state index contributed by atoms with van der Waals surface area (Å²) in [5, 5.41) is 4.31. The molecule has 3 heteroatoms. The number of hydrogen-bond donors (Lipinski definition) is 1. The van der Waals surface area contributed by atoms with Crippen LogP contribution in [0.5, 0.6) is 0 Å². The normalized spacial score (nSPS) is 31.4. The maximum atomic E-state index is 11.5. The van der Waals surface area contributed by atoms with Gasteiger partial charge in [0.1, 0.15) is 0 Å². The van der Waals surface area contributed by atoms with Gasteiger partial charge in [0.2, 0.25) is 5.91 Å². The third-order valence-electron chi connectivity index (χ3n) is 3.44. The Morgan fingerprint density at radius 1 is 1.44 bits per heavy atom. The van der Waals surface area contributed by atoms with E-state index in [9.17, 15) is 4.79 Å². The van der Waals surface area contributed by atoms with E-state index in [4.69, 9.17) is 0 Å². The van der Waals surface area contributed by atoms with Gasteiger partial charge in [-0.2, -0.15) is 5.10 Å². The minimum absolute atomic E-state index is 0.114. The van der Waals surface area contributed by atoms with Crippen molar-refractivity contribution in [3.8, 4) is 0 Å². The maximum absolute atomic E-state index is 11.5. The first-order chi connectivity index (χ1) is 7.46. The Morgan fingerprint density at radius 2 is 2.12 bits per heavy atom. The van der Waals surface area contributed by atoms with Crippen LogP contribution in [0.2, 0.25) is 0 Å². The standard InChI is InChI=1S/C13H22N2O/c1-9-6-11(8-13(2,3)7-9)14-15-12(16)10-4-5-10/h9-10H,4-8H2,1-3H3,(H,15,16)/b14-11-. The van der Waals surface area contributed by atoms with Crippen molar-refractivity contribution in [1.82, 2.24) is 5.43 Å². The second-order valence-electron chi connectivity index (χ2n) is 6.28. The van der Waals surface area contributed by atoms with E-state index in [0.717, 1.165) is 31.4 Å². The molecule has 0 spiro atoms. The van der Waals surface area contributed by atoms with Gasteiger partial charge in [-0.1, -0.05) is 20.8 Å².